The summed E-state index contributed by atoms with van der Waals surface area (Å²) < 4.78 is 25.2. The van der Waals surface area contributed by atoms with Gasteiger partial charge in [-0.1, -0.05) is 19.3 Å². The molecule has 1 atom stereocenters. The van der Waals surface area contributed by atoms with E-state index in [9.17, 15) is 0 Å². The molecule has 0 aromatic rings. The van der Waals surface area contributed by atoms with Crippen LogP contribution < -0.4 is 0 Å². The van der Waals surface area contributed by atoms with Gasteiger partial charge in [0, 0.05) is 13.2 Å². The van der Waals surface area contributed by atoms with Crippen molar-refractivity contribution < 1.29 is 17.1 Å². The second kappa shape index (κ2) is 11.6. The van der Waals surface area contributed by atoms with E-state index in [0.717, 1.165) is 25.5 Å². The number of hydrogen-bond donors (Lipinski definition) is 0. The molecule has 0 aromatic heterocycles. The lowest BCUT2D eigenvalue weighted by molar-refractivity contribution is 0.134. The summed E-state index contributed by atoms with van der Waals surface area (Å²) in [6, 6.07) is 1.05. The first-order chi connectivity index (χ1) is 11.7. The lowest BCUT2D eigenvalue weighted by atomic mass is 10.2. The molecule has 0 saturated heterocycles. The number of rotatable bonds is 15. The third kappa shape index (κ3) is 15.7. The molecular weight excluding hydrogens is 393 g/mol. The lowest BCUT2D eigenvalue weighted by Gasteiger charge is -2.41. The summed E-state index contributed by atoms with van der Waals surface area (Å²) in [4.78, 5) is 0. The van der Waals surface area contributed by atoms with Crippen molar-refractivity contribution in [3.8, 4) is 0 Å². The Labute approximate surface area is 168 Å². The molecular formula is C18H44O4Si4. The maximum absolute atomic E-state index is 6.70. The highest BCUT2D eigenvalue weighted by Gasteiger charge is 2.43. The van der Waals surface area contributed by atoms with Crippen molar-refractivity contribution in [1.29, 1.82) is 0 Å². The van der Waals surface area contributed by atoms with Gasteiger partial charge in [0.1, 0.15) is 0 Å². The van der Waals surface area contributed by atoms with Crippen molar-refractivity contribution in [3.63, 3.8) is 0 Å². The van der Waals surface area contributed by atoms with E-state index in [-0.39, 0.29) is 0 Å². The predicted octanol–water partition coefficient (Wildman–Crippen LogP) is 6.16. The second-order valence-electron chi connectivity index (χ2n) is 9.63. The Kier molecular flexibility index (Phi) is 12.0. The molecule has 0 heterocycles. The first-order valence-electron chi connectivity index (χ1n) is 10.1. The van der Waals surface area contributed by atoms with Gasteiger partial charge in [-0.2, -0.15) is 0 Å². The van der Waals surface area contributed by atoms with E-state index in [4.69, 9.17) is 24.0 Å². The molecule has 0 aliphatic carbocycles. The molecule has 0 N–H and O–H groups in total. The van der Waals surface area contributed by atoms with Crippen LogP contribution >= 0.6 is 0 Å². The Hall–Kier alpha value is 0.708. The normalized spacial score (nSPS) is 15.9. The molecule has 26 heavy (non-hydrogen) atoms. The zero-order chi connectivity index (χ0) is 20.5. The van der Waals surface area contributed by atoms with Crippen LogP contribution in [0.1, 0.15) is 32.1 Å². The molecule has 0 aliphatic rings. The van der Waals surface area contributed by atoms with E-state index >= 15 is 0 Å². The van der Waals surface area contributed by atoms with Gasteiger partial charge in [-0.15, -0.1) is 0 Å². The Bertz CT molecular complexity index is 380. The molecule has 0 aromatic carbocycles. The Morgan fingerprint density at radius 1 is 0.615 bits per heavy atom. The minimum absolute atomic E-state index is 0.606. The molecule has 4 nitrogen and oxygen atoms in total. The zero-order valence-electron chi connectivity index (χ0n) is 18.9. The summed E-state index contributed by atoms with van der Waals surface area (Å²) in [6.45, 7) is 27.0. The molecule has 0 spiro atoms. The summed E-state index contributed by atoms with van der Waals surface area (Å²) >= 11 is 0. The molecule has 8 heteroatoms. The zero-order valence-corrected chi connectivity index (χ0v) is 22.9. The van der Waals surface area contributed by atoms with Gasteiger partial charge in [0.15, 0.2) is 16.6 Å². The van der Waals surface area contributed by atoms with Crippen LogP contribution in [-0.4, -0.2) is 47.0 Å². The molecule has 0 saturated carbocycles. The minimum Gasteiger partial charge on any atom is -0.437 e. The fourth-order valence-corrected chi connectivity index (χ4v) is 21.3. The summed E-state index contributed by atoms with van der Waals surface area (Å²) in [5.41, 5.74) is 0. The van der Waals surface area contributed by atoms with Gasteiger partial charge in [-0.25, -0.2) is 0 Å². The lowest BCUT2D eigenvalue weighted by Crippen LogP contribution is -2.56. The number of ether oxygens (including phenoxy) is 1. The number of unbranched alkanes of at least 4 members (excludes halogenated alkanes) is 3. The molecule has 0 bridgehead atoms. The van der Waals surface area contributed by atoms with Gasteiger partial charge in [0.25, 0.3) is 0 Å². The van der Waals surface area contributed by atoms with Gasteiger partial charge >= 0.3 is 17.1 Å². The average molecular weight is 437 g/mol. The number of hydrogen-bond acceptors (Lipinski definition) is 4. The highest BCUT2D eigenvalue weighted by Crippen LogP contribution is 2.28. The highest BCUT2D eigenvalue weighted by molar-refractivity contribution is 6.89. The van der Waals surface area contributed by atoms with E-state index < -0.39 is 33.8 Å². The summed E-state index contributed by atoms with van der Waals surface area (Å²) in [7, 11) is -7.68. The van der Waals surface area contributed by atoms with Crippen molar-refractivity contribution in [2.45, 2.75) is 97.1 Å². The van der Waals surface area contributed by atoms with Crippen molar-refractivity contribution in [1.82, 2.24) is 0 Å². The molecule has 156 valence electrons. The van der Waals surface area contributed by atoms with Crippen molar-refractivity contribution in [3.05, 3.63) is 6.92 Å². The van der Waals surface area contributed by atoms with Crippen molar-refractivity contribution in [2.24, 2.45) is 0 Å². The largest absolute Gasteiger partial charge is 0.437 e. The van der Waals surface area contributed by atoms with E-state index in [2.05, 4.69) is 58.9 Å². The monoisotopic (exact) mass is 436 g/mol. The highest BCUT2D eigenvalue weighted by atomic mass is 28.5. The molecule has 0 aliphatic heterocycles. The Morgan fingerprint density at radius 3 is 1.65 bits per heavy atom. The Balaban J connectivity index is 4.59. The van der Waals surface area contributed by atoms with Gasteiger partial charge in [0.05, 0.1) is 0 Å². The topological polar surface area (TPSA) is 36.9 Å². The van der Waals surface area contributed by atoms with E-state index in [1.54, 1.807) is 0 Å². The Morgan fingerprint density at radius 2 is 1.15 bits per heavy atom. The SMILES string of the molecule is [CH]CCOCCCCCC[Si](C)(O[Si](C)(C)C)O[Si](C)(C)O[Si](C)(C)C. The van der Waals surface area contributed by atoms with E-state index in [1.165, 1.54) is 12.8 Å². The summed E-state index contributed by atoms with van der Waals surface area (Å²) in [5, 5.41) is 0. The maximum Gasteiger partial charge on any atom is 0.315 e. The van der Waals surface area contributed by atoms with E-state index in [0.29, 0.717) is 13.0 Å². The predicted molar refractivity (Wildman–Crippen MR) is 122 cm³/mol. The quantitative estimate of drug-likeness (QED) is 0.227. The molecule has 1 unspecified atom stereocenters. The van der Waals surface area contributed by atoms with Crippen LogP contribution in [-0.2, 0) is 17.1 Å². The fourth-order valence-electron chi connectivity index (χ4n) is 3.24. The van der Waals surface area contributed by atoms with Crippen LogP contribution in [0.4, 0.5) is 0 Å². The third-order valence-electron chi connectivity index (χ3n) is 3.47. The van der Waals surface area contributed by atoms with Crippen LogP contribution in [0.25, 0.3) is 0 Å². The van der Waals surface area contributed by atoms with E-state index in [1.807, 2.05) is 0 Å². The van der Waals surface area contributed by atoms with Gasteiger partial charge in [-0.3, -0.25) is 0 Å². The van der Waals surface area contributed by atoms with Gasteiger partial charge in [0.2, 0.25) is 0 Å². The average Bonchev–Trinajstić information content (AvgIpc) is 2.35. The van der Waals surface area contributed by atoms with Crippen molar-refractivity contribution >= 4 is 33.8 Å². The van der Waals surface area contributed by atoms with Crippen molar-refractivity contribution in [2.75, 3.05) is 13.2 Å². The standard InChI is InChI=1S/C18H44O4Si4/c1-11-16-19-17-14-12-13-15-18-26(10,21-24(5,6)7)22-25(8,9)20-23(2,3)4/h1H,11-18H2,2-10H3. The molecule has 2 radical (unpaired) electrons. The third-order valence-corrected chi connectivity index (χ3v) is 17.0. The van der Waals surface area contributed by atoms with Crippen LogP contribution in [0.2, 0.25) is 65.0 Å². The summed E-state index contributed by atoms with van der Waals surface area (Å²) in [5.74, 6) is 0. The second-order valence-corrected chi connectivity index (χ2v) is 26.1. The smallest absolute Gasteiger partial charge is 0.315 e. The van der Waals surface area contributed by atoms with Crippen LogP contribution in [0.15, 0.2) is 0 Å². The van der Waals surface area contributed by atoms with Crippen LogP contribution in [0, 0.1) is 6.92 Å². The first-order valence-corrected chi connectivity index (χ1v) is 22.2. The van der Waals surface area contributed by atoms with Crippen LogP contribution in [0.5, 0.6) is 0 Å². The summed E-state index contributed by atoms with van der Waals surface area (Å²) in [6.07, 6.45) is 5.25. The molecule has 0 rings (SSSR count). The maximum atomic E-state index is 6.70. The van der Waals surface area contributed by atoms with Crippen LogP contribution in [0.3, 0.4) is 0 Å². The van der Waals surface area contributed by atoms with Gasteiger partial charge < -0.3 is 17.1 Å². The molecule has 0 amide bonds. The minimum atomic E-state index is -2.23. The first kappa shape index (κ1) is 26.7. The molecule has 0 fully saturated rings. The fraction of sp³-hybridized carbons (Fsp3) is 0.944. The van der Waals surface area contributed by atoms with Gasteiger partial charge in [-0.05, 0) is 84.7 Å².